The van der Waals surface area contributed by atoms with Crippen LogP contribution in [0.5, 0.6) is 0 Å². The number of carbonyl (C=O) groups is 1. The quantitative estimate of drug-likeness (QED) is 0.805. The SMILES string of the molecule is O=C(NCCSC(F)(F)F)C12C[C@@H]3C[C@@H](C1)CC(n1cncn1)(C3)C2. The van der Waals surface area contributed by atoms with E-state index >= 15 is 0 Å². The minimum absolute atomic E-state index is 0.0520. The monoisotopic (exact) mass is 374 g/mol. The first-order valence-corrected chi connectivity index (χ1v) is 9.63. The van der Waals surface area contributed by atoms with E-state index in [1.807, 2.05) is 4.68 Å². The fourth-order valence-corrected chi connectivity index (χ4v) is 6.16. The first kappa shape index (κ1) is 17.2. The van der Waals surface area contributed by atoms with Crippen molar-refractivity contribution in [2.75, 3.05) is 12.3 Å². The van der Waals surface area contributed by atoms with Crippen molar-refractivity contribution in [2.24, 2.45) is 17.3 Å². The Labute approximate surface area is 148 Å². The second-order valence-corrected chi connectivity index (χ2v) is 9.02. The highest BCUT2D eigenvalue weighted by molar-refractivity contribution is 8.00. The molecule has 25 heavy (non-hydrogen) atoms. The van der Waals surface area contributed by atoms with Crippen LogP contribution in [0.4, 0.5) is 13.2 Å². The molecule has 5 nitrogen and oxygen atoms in total. The Bertz CT molecular complexity index is 634. The summed E-state index contributed by atoms with van der Waals surface area (Å²) in [5.41, 5.74) is -4.86. The molecule has 4 saturated carbocycles. The zero-order chi connectivity index (χ0) is 17.7. The maximum atomic E-state index is 12.9. The highest BCUT2D eigenvalue weighted by Gasteiger charge is 2.61. The number of rotatable bonds is 5. The lowest BCUT2D eigenvalue weighted by Gasteiger charge is -2.60. The fourth-order valence-electron chi connectivity index (χ4n) is 5.72. The van der Waals surface area contributed by atoms with Crippen molar-refractivity contribution in [3.63, 3.8) is 0 Å². The molecule has 1 aromatic rings. The van der Waals surface area contributed by atoms with Crippen LogP contribution < -0.4 is 5.32 Å². The average Bonchev–Trinajstić information content (AvgIpc) is 3.04. The van der Waals surface area contributed by atoms with Crippen LogP contribution in [0.3, 0.4) is 0 Å². The molecule has 4 aliphatic rings. The summed E-state index contributed by atoms with van der Waals surface area (Å²) in [5.74, 6) is 0.752. The van der Waals surface area contributed by atoms with Gasteiger partial charge in [-0.05, 0) is 62.1 Å². The molecule has 1 heterocycles. The van der Waals surface area contributed by atoms with E-state index in [1.165, 1.54) is 6.33 Å². The molecule has 0 radical (unpaired) electrons. The summed E-state index contributed by atoms with van der Waals surface area (Å²) in [5, 5.41) is 7.11. The third-order valence-corrected chi connectivity index (χ3v) is 6.81. The number of carbonyl (C=O) groups excluding carboxylic acids is 1. The van der Waals surface area contributed by atoms with Gasteiger partial charge in [-0.3, -0.25) is 4.79 Å². The summed E-state index contributed by atoms with van der Waals surface area (Å²) >= 11 is -0.0873. The van der Waals surface area contributed by atoms with Crippen LogP contribution >= 0.6 is 11.8 Å². The van der Waals surface area contributed by atoms with Gasteiger partial charge in [-0.1, -0.05) is 0 Å². The summed E-state index contributed by atoms with van der Waals surface area (Å²) in [7, 11) is 0. The summed E-state index contributed by atoms with van der Waals surface area (Å²) in [6, 6.07) is 0. The lowest BCUT2D eigenvalue weighted by Crippen LogP contribution is -2.61. The Kier molecular flexibility index (Phi) is 4.05. The van der Waals surface area contributed by atoms with Crippen LogP contribution in [0.1, 0.15) is 38.5 Å². The fraction of sp³-hybridized carbons (Fsp3) is 0.812. The molecule has 1 N–H and O–H groups in total. The molecule has 9 heteroatoms. The van der Waals surface area contributed by atoms with Gasteiger partial charge in [-0.25, -0.2) is 9.67 Å². The second kappa shape index (κ2) is 5.89. The smallest absolute Gasteiger partial charge is 0.355 e. The van der Waals surface area contributed by atoms with E-state index in [0.717, 1.165) is 32.1 Å². The van der Waals surface area contributed by atoms with E-state index in [4.69, 9.17) is 0 Å². The zero-order valence-electron chi connectivity index (χ0n) is 13.8. The van der Waals surface area contributed by atoms with Crippen molar-refractivity contribution < 1.29 is 18.0 Å². The number of nitrogens with zero attached hydrogens (tertiary/aromatic N) is 3. The van der Waals surface area contributed by atoms with Gasteiger partial charge in [0.2, 0.25) is 5.91 Å². The van der Waals surface area contributed by atoms with Gasteiger partial charge >= 0.3 is 5.51 Å². The van der Waals surface area contributed by atoms with Crippen molar-refractivity contribution >= 4 is 17.7 Å². The van der Waals surface area contributed by atoms with Gasteiger partial charge in [0.15, 0.2) is 0 Å². The summed E-state index contributed by atoms with van der Waals surface area (Å²) in [6.07, 6.45) is 8.86. The molecule has 1 amide bonds. The summed E-state index contributed by atoms with van der Waals surface area (Å²) in [6.45, 7) is 0.0520. The molecule has 4 bridgehead atoms. The number of aromatic nitrogens is 3. The predicted octanol–water partition coefficient (Wildman–Crippen LogP) is 2.94. The van der Waals surface area contributed by atoms with Gasteiger partial charge in [0, 0.05) is 12.3 Å². The second-order valence-electron chi connectivity index (χ2n) is 7.86. The number of hydrogen-bond acceptors (Lipinski definition) is 4. The molecule has 0 aromatic carbocycles. The van der Waals surface area contributed by atoms with Crippen molar-refractivity contribution in [1.29, 1.82) is 0 Å². The molecule has 138 valence electrons. The van der Waals surface area contributed by atoms with Gasteiger partial charge in [0.1, 0.15) is 12.7 Å². The van der Waals surface area contributed by atoms with Crippen LogP contribution in [-0.4, -0.2) is 38.5 Å². The number of thioether (sulfide) groups is 1. The molecule has 5 rings (SSSR count). The zero-order valence-corrected chi connectivity index (χ0v) is 14.6. The van der Waals surface area contributed by atoms with Gasteiger partial charge in [0.25, 0.3) is 0 Å². The Balaban J connectivity index is 1.47. The van der Waals surface area contributed by atoms with Crippen molar-refractivity contribution in [3.05, 3.63) is 12.7 Å². The largest absolute Gasteiger partial charge is 0.441 e. The van der Waals surface area contributed by atoms with Crippen molar-refractivity contribution in [3.8, 4) is 0 Å². The van der Waals surface area contributed by atoms with Gasteiger partial charge in [-0.2, -0.15) is 18.3 Å². The third-order valence-electron chi connectivity index (χ3n) is 6.07. The minimum atomic E-state index is -4.25. The first-order chi connectivity index (χ1) is 11.8. The third kappa shape index (κ3) is 3.15. The first-order valence-electron chi connectivity index (χ1n) is 8.64. The van der Waals surface area contributed by atoms with Gasteiger partial charge in [0.05, 0.1) is 11.0 Å². The molecule has 0 unspecified atom stereocenters. The molecular weight excluding hydrogens is 353 g/mol. The van der Waals surface area contributed by atoms with E-state index in [1.54, 1.807) is 6.33 Å². The highest BCUT2D eigenvalue weighted by Crippen LogP contribution is 2.64. The number of nitrogens with one attached hydrogen (secondary N) is 1. The number of amides is 1. The number of alkyl halides is 3. The number of halogens is 3. The molecule has 2 atom stereocenters. The molecule has 0 saturated heterocycles. The topological polar surface area (TPSA) is 59.8 Å². The van der Waals surface area contributed by atoms with Crippen molar-refractivity contribution in [1.82, 2.24) is 20.1 Å². The van der Waals surface area contributed by atoms with Crippen LogP contribution in [0.2, 0.25) is 0 Å². The van der Waals surface area contributed by atoms with Crippen molar-refractivity contribution in [2.45, 2.75) is 49.6 Å². The summed E-state index contributed by atoms with van der Waals surface area (Å²) in [4.78, 5) is 17.0. The highest BCUT2D eigenvalue weighted by atomic mass is 32.2. The maximum Gasteiger partial charge on any atom is 0.441 e. The standard InChI is InChI=1S/C16H21F3N4OS/c17-16(18,19)25-2-1-21-13(24)14-4-11-3-12(5-14)7-15(6-11,8-14)23-10-20-9-22-23/h9-12H,1-8H2,(H,21,24)/t11-,12-,14?,15?/m0/s1. The lowest BCUT2D eigenvalue weighted by molar-refractivity contribution is -0.155. The lowest BCUT2D eigenvalue weighted by atomic mass is 9.46. The number of hydrogen-bond donors (Lipinski definition) is 1. The maximum absolute atomic E-state index is 12.9. The van der Waals surface area contributed by atoms with Crippen LogP contribution in [0.25, 0.3) is 0 Å². The summed E-state index contributed by atoms with van der Waals surface area (Å²) < 4.78 is 38.6. The van der Waals surface area contributed by atoms with Gasteiger partial charge < -0.3 is 5.32 Å². The Hall–Kier alpha value is -1.25. The van der Waals surface area contributed by atoms with E-state index in [-0.39, 0.29) is 35.5 Å². The Morgan fingerprint density at radius 1 is 1.28 bits per heavy atom. The normalized spacial score (nSPS) is 36.6. The molecule has 0 spiro atoms. The van der Waals surface area contributed by atoms with E-state index in [0.29, 0.717) is 18.3 Å². The molecule has 4 aliphatic carbocycles. The minimum Gasteiger partial charge on any atom is -0.355 e. The van der Waals surface area contributed by atoms with Crippen LogP contribution in [0, 0.1) is 17.3 Å². The molecule has 4 fully saturated rings. The molecule has 1 aromatic heterocycles. The van der Waals surface area contributed by atoms with Crippen LogP contribution in [-0.2, 0) is 10.3 Å². The van der Waals surface area contributed by atoms with E-state index in [9.17, 15) is 18.0 Å². The van der Waals surface area contributed by atoms with Gasteiger partial charge in [-0.15, -0.1) is 0 Å². The van der Waals surface area contributed by atoms with E-state index < -0.39 is 10.9 Å². The Morgan fingerprint density at radius 3 is 2.60 bits per heavy atom. The van der Waals surface area contributed by atoms with E-state index in [2.05, 4.69) is 15.4 Å². The molecular formula is C16H21F3N4OS. The predicted molar refractivity (Wildman–Crippen MR) is 86.6 cm³/mol. The van der Waals surface area contributed by atoms with Crippen LogP contribution in [0.15, 0.2) is 12.7 Å². The molecule has 0 aliphatic heterocycles. The average molecular weight is 374 g/mol. The Morgan fingerprint density at radius 2 is 2.00 bits per heavy atom.